The third kappa shape index (κ3) is 16.6. The quantitative estimate of drug-likeness (QED) is 0.142. The van der Waals surface area contributed by atoms with E-state index in [4.69, 9.17) is 21.6 Å². The number of nitrogens with zero attached hydrogens (tertiary/aromatic N) is 2. The van der Waals surface area contributed by atoms with E-state index in [1.54, 1.807) is 36.4 Å². The summed E-state index contributed by atoms with van der Waals surface area (Å²) in [7, 11) is 0. The van der Waals surface area contributed by atoms with Crippen LogP contribution in [-0.4, -0.2) is 78.0 Å². The monoisotopic (exact) mass is 843 g/mol. The Morgan fingerprint density at radius 3 is 1.97 bits per heavy atom. The van der Waals surface area contributed by atoms with Gasteiger partial charge in [-0.3, -0.25) is 14.6 Å². The van der Waals surface area contributed by atoms with Crippen molar-refractivity contribution in [3.8, 4) is 17.2 Å². The number of ether oxygens (including phenoxy) is 1. The normalized spacial score (nSPS) is 12.2. The van der Waals surface area contributed by atoms with Gasteiger partial charge in [0.2, 0.25) is 0 Å². The molecule has 1 aromatic heterocycles. The van der Waals surface area contributed by atoms with Gasteiger partial charge < -0.3 is 31.7 Å². The van der Waals surface area contributed by atoms with Crippen molar-refractivity contribution in [2.45, 2.75) is 52.5 Å². The number of nitrogens with one attached hydrogen (secondary N) is 2. The van der Waals surface area contributed by atoms with E-state index in [0.717, 1.165) is 13.2 Å². The van der Waals surface area contributed by atoms with Crippen LogP contribution in [0.3, 0.4) is 0 Å². The summed E-state index contributed by atoms with van der Waals surface area (Å²) in [4.78, 5) is 41.1. The van der Waals surface area contributed by atoms with Gasteiger partial charge in [0.15, 0.2) is 0 Å². The number of rotatable bonds is 8. The second-order valence-corrected chi connectivity index (χ2v) is 11.7. The molecule has 0 saturated carbocycles. The predicted octanol–water partition coefficient (Wildman–Crippen LogP) is 4.83. The molecule has 5 rings (SSSR count). The molecule has 2 amide bonds. The zero-order chi connectivity index (χ0) is 40.2. The van der Waals surface area contributed by atoms with Crippen LogP contribution in [0.15, 0.2) is 60.8 Å². The number of fused-ring (bicyclic) bond motifs is 1. The van der Waals surface area contributed by atoms with Crippen molar-refractivity contribution in [2.24, 2.45) is 5.73 Å². The molecule has 312 valence electrons. The second-order valence-electron chi connectivity index (χ2n) is 11.3. The van der Waals surface area contributed by atoms with Crippen LogP contribution in [0.4, 0.5) is 35.1 Å². The molecule has 1 aliphatic rings. The number of carboxylic acid groups (broad SMARTS) is 1. The summed E-state index contributed by atoms with van der Waals surface area (Å²) in [6.45, 7) is -0.976. The van der Waals surface area contributed by atoms with E-state index >= 15 is 0 Å². The molecule has 0 spiro atoms. The number of aromatic nitrogens is 1. The van der Waals surface area contributed by atoms with Crippen molar-refractivity contribution in [3.05, 3.63) is 99.7 Å². The summed E-state index contributed by atoms with van der Waals surface area (Å²) in [5.74, 6) is -7.60. The van der Waals surface area contributed by atoms with Crippen molar-refractivity contribution in [1.29, 1.82) is 5.26 Å². The largest absolute Gasteiger partial charge is 1.00 e. The first-order valence-corrected chi connectivity index (χ1v) is 16.0. The minimum atomic E-state index is -4.77. The number of carbonyl (C=O) groups excluding carboxylic acids is 2. The van der Waals surface area contributed by atoms with E-state index in [1.165, 1.54) is 30.4 Å². The molecule has 0 radical (unpaired) electrons. The van der Waals surface area contributed by atoms with Crippen molar-refractivity contribution in [2.75, 3.05) is 26.3 Å². The fraction of sp³-hybridized carbons (Fsp3) is 0.324. The summed E-state index contributed by atoms with van der Waals surface area (Å²) in [5.41, 5.74) is 4.45. The zero-order valence-electron chi connectivity index (χ0n) is 29.2. The topological polar surface area (TPSA) is 197 Å². The maximum atomic E-state index is 14.7. The van der Waals surface area contributed by atoms with Crippen molar-refractivity contribution < 1.29 is 83.7 Å². The summed E-state index contributed by atoms with van der Waals surface area (Å²) in [5, 5.41) is 23.2. The molecule has 1 aliphatic heterocycles. The predicted molar refractivity (Wildman–Crippen MR) is 195 cm³/mol. The van der Waals surface area contributed by atoms with Gasteiger partial charge in [-0.15, -0.1) is 0 Å². The minimum absolute atomic E-state index is 0. The molecule has 11 nitrogen and oxygen atoms in total. The third-order valence-corrected chi connectivity index (χ3v) is 7.63. The Morgan fingerprint density at radius 1 is 0.931 bits per heavy atom. The van der Waals surface area contributed by atoms with Gasteiger partial charge in [-0.05, 0) is 48.7 Å². The molecular formula is C37H39ClF8LiN5O6. The molecule has 0 bridgehead atoms. The van der Waals surface area contributed by atoms with Crippen LogP contribution in [0, 0.1) is 23.0 Å². The van der Waals surface area contributed by atoms with Crippen LogP contribution in [0.1, 0.15) is 59.5 Å². The minimum Gasteiger partial charge on any atom is -0.870 e. The molecule has 21 heteroatoms. The van der Waals surface area contributed by atoms with Crippen molar-refractivity contribution >= 4 is 40.3 Å². The van der Waals surface area contributed by atoms with Gasteiger partial charge in [0.1, 0.15) is 29.8 Å². The summed E-state index contributed by atoms with van der Waals surface area (Å²) >= 11 is 6.38. The first-order chi connectivity index (χ1) is 25.3. The zero-order valence-corrected chi connectivity index (χ0v) is 30.0. The van der Waals surface area contributed by atoms with Gasteiger partial charge in [-0.1, -0.05) is 50.7 Å². The Labute approximate surface area is 345 Å². The first-order valence-electron chi connectivity index (χ1n) is 15.6. The van der Waals surface area contributed by atoms with Gasteiger partial charge in [0.25, 0.3) is 11.8 Å². The van der Waals surface area contributed by atoms with Gasteiger partial charge in [0.05, 0.1) is 23.7 Å². The number of carbonyl (C=O) groups is 3. The molecule has 6 N–H and O–H groups in total. The van der Waals surface area contributed by atoms with E-state index in [1.807, 2.05) is 11.4 Å². The molecular weight excluding hydrogens is 805 g/mol. The summed E-state index contributed by atoms with van der Waals surface area (Å²) in [6.07, 6.45) is -5.23. The van der Waals surface area contributed by atoms with Crippen molar-refractivity contribution in [3.63, 3.8) is 0 Å². The molecule has 0 unspecified atom stereocenters. The molecule has 1 fully saturated rings. The maximum absolute atomic E-state index is 14.7. The van der Waals surface area contributed by atoms with Gasteiger partial charge in [0, 0.05) is 52.9 Å². The van der Waals surface area contributed by atoms with Gasteiger partial charge in [-0.2, -0.15) is 31.6 Å². The van der Waals surface area contributed by atoms with E-state index < -0.39 is 72.0 Å². The average Bonchev–Trinajstić information content (AvgIpc) is 3.70. The molecule has 0 aliphatic carbocycles. The van der Waals surface area contributed by atoms with Crippen LogP contribution in [0.2, 0.25) is 5.02 Å². The number of amides is 2. The number of carboxylic acids is 1. The average molecular weight is 844 g/mol. The molecule has 2 heterocycles. The Morgan fingerprint density at radius 2 is 1.50 bits per heavy atom. The van der Waals surface area contributed by atoms with Crippen LogP contribution in [0.5, 0.6) is 0 Å². The van der Waals surface area contributed by atoms with Crippen LogP contribution < -0.4 is 35.2 Å². The Balaban J connectivity index is 0. The van der Waals surface area contributed by atoms with E-state index in [2.05, 4.69) is 10.7 Å². The number of nitriles is 1. The number of pyridine rings is 1. The smallest absolute Gasteiger partial charge is 0.870 e. The Bertz CT molecular complexity index is 2000. The fourth-order valence-electron chi connectivity index (χ4n) is 4.79. The SMILES string of the molecule is C.C.C1CCOC1.N#Cc1ccc(-c2ccc(C[C@H](NC(=O)c3c(F)cc(C(=O)NCC(F)(F)F)cc3F)C(=O)O)c3cccnc23)c(Cl)c1.NCC(F)(F)F.[Li+].[OH-]. The summed E-state index contributed by atoms with van der Waals surface area (Å²) < 4.78 is 103. The molecule has 58 heavy (non-hydrogen) atoms. The Hall–Kier alpha value is -4.82. The number of hydrogen-bond donors (Lipinski definition) is 4. The number of benzene rings is 3. The van der Waals surface area contributed by atoms with Gasteiger partial charge in [-0.25, -0.2) is 13.6 Å². The maximum Gasteiger partial charge on any atom is 1.00 e. The summed E-state index contributed by atoms with van der Waals surface area (Å²) in [6, 6.07) is 12.2. The standard InChI is InChI=1S/C29H18ClF5N4O4.C4H8O.C2H4F3N.2CH4.Li.H2O/c30-20-8-14(12-36)3-5-18(20)19-6-4-15(17-2-1-7-37-25(17)19)11-23(28(42)43)39-27(41)24-21(31)9-16(10-22(24)32)26(40)38-13-29(33,34)35;1-2-4-5-3-1;3-2(4,5)1-6;;;;/h1-10,23H,11,13H2,(H,38,40)(H,39,41)(H,42,43);1-4H2;1,6H2;2*1H4;;1H2/q;;;;;+1;/p-1/t23-;;;;;;/m0....../s1. The number of aliphatic carboxylic acids is 1. The van der Waals surface area contributed by atoms with Crippen LogP contribution in [0.25, 0.3) is 22.0 Å². The molecule has 1 atom stereocenters. The second kappa shape index (κ2) is 24.8. The number of halogens is 9. The van der Waals surface area contributed by atoms with E-state index in [0.29, 0.717) is 45.3 Å². The van der Waals surface area contributed by atoms with Crippen molar-refractivity contribution in [1.82, 2.24) is 15.6 Å². The first kappa shape index (κ1) is 55.3. The van der Waals surface area contributed by atoms with E-state index in [9.17, 15) is 54.6 Å². The van der Waals surface area contributed by atoms with Crippen LogP contribution in [-0.2, 0) is 16.0 Å². The Kier molecular flexibility index (Phi) is 23.7. The number of alkyl halides is 6. The van der Waals surface area contributed by atoms with E-state index in [-0.39, 0.29) is 50.6 Å². The molecule has 1 saturated heterocycles. The van der Waals surface area contributed by atoms with Crippen LogP contribution >= 0.6 is 11.6 Å². The molecule has 3 aromatic carbocycles. The fourth-order valence-corrected chi connectivity index (χ4v) is 5.08. The third-order valence-electron chi connectivity index (χ3n) is 7.32. The number of hydrogen-bond acceptors (Lipinski definition) is 8. The molecule has 4 aromatic rings. The van der Waals surface area contributed by atoms with Gasteiger partial charge >= 0.3 is 37.2 Å². The number of nitrogens with two attached hydrogens (primary N) is 1.